The molecule has 1 aliphatic rings. The van der Waals surface area contributed by atoms with Crippen LogP contribution in [0.1, 0.15) is 22.3 Å². The molecule has 1 heterocycles. The van der Waals surface area contributed by atoms with Gasteiger partial charge in [-0.3, -0.25) is 4.79 Å². The molecule has 112 valence electrons. The number of hydrogen-bond acceptors (Lipinski definition) is 4. The van der Waals surface area contributed by atoms with Gasteiger partial charge < -0.3 is 5.73 Å². The Morgan fingerprint density at radius 3 is 2.77 bits per heavy atom. The van der Waals surface area contributed by atoms with Gasteiger partial charge >= 0.3 is 0 Å². The number of thioether (sulfide) groups is 1. The number of amides is 1. The predicted octanol–water partition coefficient (Wildman–Crippen LogP) is 3.04. The minimum atomic E-state index is -0.316. The number of anilines is 1. The van der Waals surface area contributed by atoms with Crippen LogP contribution < -0.4 is 11.2 Å². The molecule has 1 amide bonds. The van der Waals surface area contributed by atoms with E-state index < -0.39 is 0 Å². The van der Waals surface area contributed by atoms with Crippen LogP contribution in [0.5, 0.6) is 0 Å². The molecule has 0 atom stereocenters. The summed E-state index contributed by atoms with van der Waals surface area (Å²) in [7, 11) is 0. The maximum absolute atomic E-state index is 13.4. The van der Waals surface area contributed by atoms with E-state index in [1.54, 1.807) is 42.1 Å². The molecular weight excluding hydrogens is 301 g/mol. The number of hydrogen-bond donors (Lipinski definition) is 2. The summed E-state index contributed by atoms with van der Waals surface area (Å²) in [5.41, 5.74) is 10.6. The Labute approximate surface area is 131 Å². The van der Waals surface area contributed by atoms with Crippen molar-refractivity contribution < 1.29 is 9.18 Å². The second-order valence-electron chi connectivity index (χ2n) is 4.86. The molecule has 4 nitrogen and oxygen atoms in total. The van der Waals surface area contributed by atoms with Gasteiger partial charge in [-0.15, -0.1) is 11.8 Å². The van der Waals surface area contributed by atoms with Crippen molar-refractivity contribution in [1.29, 1.82) is 0 Å². The highest BCUT2D eigenvalue weighted by Crippen LogP contribution is 2.30. The van der Waals surface area contributed by atoms with Crippen molar-refractivity contribution in [2.75, 3.05) is 11.5 Å². The summed E-state index contributed by atoms with van der Waals surface area (Å²) in [5, 5.41) is 4.17. The third-order valence-electron chi connectivity index (χ3n) is 3.31. The normalized spacial score (nSPS) is 15.4. The molecule has 0 bridgehead atoms. The van der Waals surface area contributed by atoms with Crippen LogP contribution in [0, 0.1) is 5.82 Å². The van der Waals surface area contributed by atoms with Crippen molar-refractivity contribution in [3.63, 3.8) is 0 Å². The topological polar surface area (TPSA) is 67.5 Å². The number of benzene rings is 2. The summed E-state index contributed by atoms with van der Waals surface area (Å²) in [6.45, 7) is 0. The molecule has 0 fully saturated rings. The van der Waals surface area contributed by atoms with Gasteiger partial charge in [0, 0.05) is 33.9 Å². The van der Waals surface area contributed by atoms with Gasteiger partial charge in [-0.1, -0.05) is 0 Å². The van der Waals surface area contributed by atoms with Crippen molar-refractivity contribution in [3.05, 3.63) is 59.4 Å². The van der Waals surface area contributed by atoms with Crippen LogP contribution in [0.25, 0.3) is 0 Å². The number of nitrogens with two attached hydrogens (primary N) is 1. The molecule has 1 aliphatic heterocycles. The van der Waals surface area contributed by atoms with Gasteiger partial charge in [-0.05, 0) is 42.5 Å². The average molecular weight is 315 g/mol. The highest BCUT2D eigenvalue weighted by Gasteiger charge is 2.17. The summed E-state index contributed by atoms with van der Waals surface area (Å²) in [6, 6.07) is 11.2. The standard InChI is InChI=1S/C16H14FN3OS/c17-11-3-6-15-13(9-11)14(7-8-22-15)19-20-16(21)10-1-4-12(18)5-2-10/h1-6,9H,7-8,18H2,(H,20,21). The number of halogens is 1. The van der Waals surface area contributed by atoms with Crippen LogP contribution in [-0.2, 0) is 0 Å². The first-order valence-electron chi connectivity index (χ1n) is 6.78. The van der Waals surface area contributed by atoms with Gasteiger partial charge in [-0.25, -0.2) is 9.82 Å². The van der Waals surface area contributed by atoms with Crippen molar-refractivity contribution in [1.82, 2.24) is 5.43 Å². The van der Waals surface area contributed by atoms with Gasteiger partial charge in [0.15, 0.2) is 0 Å². The first kappa shape index (κ1) is 14.6. The SMILES string of the molecule is Nc1ccc(C(=O)NN=C2CCSc3ccc(F)cc32)cc1. The highest BCUT2D eigenvalue weighted by atomic mass is 32.2. The third-order valence-corrected chi connectivity index (χ3v) is 4.39. The third kappa shape index (κ3) is 3.12. The maximum Gasteiger partial charge on any atom is 0.271 e. The number of nitrogens with zero attached hydrogens (tertiary/aromatic N) is 1. The Kier molecular flexibility index (Phi) is 4.11. The molecule has 0 radical (unpaired) electrons. The fourth-order valence-electron chi connectivity index (χ4n) is 2.18. The lowest BCUT2D eigenvalue weighted by Gasteiger charge is -2.17. The van der Waals surface area contributed by atoms with E-state index in [0.717, 1.165) is 16.2 Å². The maximum atomic E-state index is 13.4. The van der Waals surface area contributed by atoms with Gasteiger partial charge in [0.05, 0.1) is 5.71 Å². The van der Waals surface area contributed by atoms with E-state index in [2.05, 4.69) is 10.5 Å². The van der Waals surface area contributed by atoms with E-state index in [-0.39, 0.29) is 11.7 Å². The van der Waals surface area contributed by atoms with E-state index >= 15 is 0 Å². The van der Waals surface area contributed by atoms with Gasteiger partial charge in [0.1, 0.15) is 5.82 Å². The quantitative estimate of drug-likeness (QED) is 0.661. The molecule has 2 aromatic rings. The van der Waals surface area contributed by atoms with E-state index in [0.29, 0.717) is 23.4 Å². The number of rotatable bonds is 2. The highest BCUT2D eigenvalue weighted by molar-refractivity contribution is 7.99. The smallest absolute Gasteiger partial charge is 0.271 e. The average Bonchev–Trinajstić information content (AvgIpc) is 2.53. The van der Waals surface area contributed by atoms with Crippen molar-refractivity contribution in [2.24, 2.45) is 5.10 Å². The lowest BCUT2D eigenvalue weighted by molar-refractivity contribution is 0.0955. The summed E-state index contributed by atoms with van der Waals surface area (Å²) in [5.74, 6) is 0.234. The molecule has 3 rings (SSSR count). The van der Waals surface area contributed by atoms with Crippen LogP contribution >= 0.6 is 11.8 Å². The lowest BCUT2D eigenvalue weighted by Crippen LogP contribution is -2.21. The van der Waals surface area contributed by atoms with Crippen LogP contribution in [0.3, 0.4) is 0 Å². The van der Waals surface area contributed by atoms with Gasteiger partial charge in [-0.2, -0.15) is 5.10 Å². The van der Waals surface area contributed by atoms with Crippen LogP contribution in [-0.4, -0.2) is 17.4 Å². The second-order valence-corrected chi connectivity index (χ2v) is 6.00. The van der Waals surface area contributed by atoms with Crippen LogP contribution in [0.15, 0.2) is 52.5 Å². The molecule has 0 spiro atoms. The molecule has 0 saturated heterocycles. The Bertz CT molecular complexity index is 744. The zero-order chi connectivity index (χ0) is 15.5. The van der Waals surface area contributed by atoms with Crippen LogP contribution in [0.2, 0.25) is 0 Å². The van der Waals surface area contributed by atoms with E-state index in [9.17, 15) is 9.18 Å². The first-order chi connectivity index (χ1) is 10.6. The van der Waals surface area contributed by atoms with Crippen molar-refractivity contribution in [3.8, 4) is 0 Å². The number of carbonyl (C=O) groups is 1. The lowest BCUT2D eigenvalue weighted by atomic mass is 10.1. The number of hydrazone groups is 1. The Morgan fingerprint density at radius 1 is 1.23 bits per heavy atom. The Balaban J connectivity index is 1.80. The zero-order valence-electron chi connectivity index (χ0n) is 11.7. The Hall–Kier alpha value is -2.34. The zero-order valence-corrected chi connectivity index (χ0v) is 12.5. The molecule has 2 aromatic carbocycles. The Morgan fingerprint density at radius 2 is 2.00 bits per heavy atom. The van der Waals surface area contributed by atoms with E-state index in [1.807, 2.05) is 0 Å². The molecule has 3 N–H and O–H groups in total. The fraction of sp³-hybridized carbons (Fsp3) is 0.125. The summed E-state index contributed by atoms with van der Waals surface area (Å²) < 4.78 is 13.4. The molecule has 6 heteroatoms. The molecule has 0 unspecified atom stereocenters. The predicted molar refractivity (Wildman–Crippen MR) is 86.6 cm³/mol. The van der Waals surface area contributed by atoms with E-state index in [4.69, 9.17) is 5.73 Å². The number of fused-ring (bicyclic) bond motifs is 1. The minimum absolute atomic E-state index is 0.307. The van der Waals surface area contributed by atoms with E-state index in [1.165, 1.54) is 12.1 Å². The summed E-state index contributed by atoms with van der Waals surface area (Å²) in [4.78, 5) is 13.0. The largest absolute Gasteiger partial charge is 0.399 e. The molecule has 22 heavy (non-hydrogen) atoms. The fourth-order valence-corrected chi connectivity index (χ4v) is 3.19. The number of nitrogen functional groups attached to an aromatic ring is 1. The van der Waals surface area contributed by atoms with Crippen molar-refractivity contribution in [2.45, 2.75) is 11.3 Å². The van der Waals surface area contributed by atoms with Gasteiger partial charge in [0.25, 0.3) is 5.91 Å². The van der Waals surface area contributed by atoms with Gasteiger partial charge in [0.2, 0.25) is 0 Å². The van der Waals surface area contributed by atoms with Crippen molar-refractivity contribution >= 4 is 29.1 Å². The first-order valence-corrected chi connectivity index (χ1v) is 7.77. The molecule has 0 aromatic heterocycles. The summed E-state index contributed by atoms with van der Waals surface area (Å²) >= 11 is 1.66. The molecule has 0 aliphatic carbocycles. The van der Waals surface area contributed by atoms with Crippen LogP contribution in [0.4, 0.5) is 10.1 Å². The second kappa shape index (κ2) is 6.19. The summed E-state index contributed by atoms with van der Waals surface area (Å²) in [6.07, 6.45) is 0.684. The molecular formula is C16H14FN3OS. The minimum Gasteiger partial charge on any atom is -0.399 e. The number of carbonyl (C=O) groups excluding carboxylic acids is 1. The molecule has 0 saturated carbocycles. The monoisotopic (exact) mass is 315 g/mol. The number of nitrogens with one attached hydrogen (secondary N) is 1.